The van der Waals surface area contributed by atoms with Gasteiger partial charge in [-0.15, -0.1) is 0 Å². The molecule has 5 aromatic rings. The molecule has 7 nitrogen and oxygen atoms in total. The summed E-state index contributed by atoms with van der Waals surface area (Å²) in [7, 11) is 0. The van der Waals surface area contributed by atoms with E-state index in [9.17, 15) is 0 Å². The highest BCUT2D eigenvalue weighted by atomic mass is 15.1. The molecule has 0 fully saturated rings. The molecule has 0 aliphatic heterocycles. The van der Waals surface area contributed by atoms with Crippen molar-refractivity contribution in [3.05, 3.63) is 103 Å². The third-order valence-corrected chi connectivity index (χ3v) is 5.97. The Morgan fingerprint density at radius 1 is 1.03 bits per heavy atom. The fraction of sp³-hybridized carbons (Fsp3) is 0.103. The van der Waals surface area contributed by atoms with Crippen LogP contribution in [-0.2, 0) is 0 Å². The molecule has 4 heterocycles. The molecule has 0 bridgehead atoms. The summed E-state index contributed by atoms with van der Waals surface area (Å²) in [4.78, 5) is 17.8. The predicted molar refractivity (Wildman–Crippen MR) is 147 cm³/mol. The first kappa shape index (κ1) is 23.0. The Kier molecular flexibility index (Phi) is 6.28. The van der Waals surface area contributed by atoms with E-state index in [0.717, 1.165) is 62.4 Å². The molecule has 4 aromatic heterocycles. The first-order chi connectivity index (χ1) is 17.6. The van der Waals surface area contributed by atoms with E-state index in [2.05, 4.69) is 45.6 Å². The maximum Gasteiger partial charge on any atom is 0.161 e. The zero-order valence-corrected chi connectivity index (χ0v) is 20.3. The second kappa shape index (κ2) is 9.84. The fourth-order valence-electron chi connectivity index (χ4n) is 4.01. The van der Waals surface area contributed by atoms with Crippen LogP contribution in [0.1, 0.15) is 26.0 Å². The highest BCUT2D eigenvalue weighted by Gasteiger charge is 2.17. The maximum atomic E-state index is 4.96. The summed E-state index contributed by atoms with van der Waals surface area (Å²) in [5, 5.41) is 10.9. The van der Waals surface area contributed by atoms with Gasteiger partial charge in [0.25, 0.3) is 0 Å². The van der Waals surface area contributed by atoms with Crippen molar-refractivity contribution in [1.29, 1.82) is 0 Å². The number of rotatable bonds is 8. The lowest BCUT2D eigenvalue weighted by molar-refractivity contribution is 0.920. The fourth-order valence-corrected chi connectivity index (χ4v) is 4.01. The summed E-state index contributed by atoms with van der Waals surface area (Å²) < 4.78 is 0. The molecule has 0 amide bonds. The third-order valence-electron chi connectivity index (χ3n) is 5.97. The zero-order chi connectivity index (χ0) is 25.1. The number of pyridine rings is 2. The second-order valence-electron chi connectivity index (χ2n) is 8.30. The smallest absolute Gasteiger partial charge is 0.161 e. The quantitative estimate of drug-likeness (QED) is 0.222. The topological polar surface area (TPSA) is 95.2 Å². The minimum atomic E-state index is 0.648. The molecular weight excluding hydrogens is 446 g/mol. The molecule has 0 spiro atoms. The van der Waals surface area contributed by atoms with Crippen LogP contribution in [0, 0.1) is 0 Å². The second-order valence-corrected chi connectivity index (χ2v) is 8.30. The lowest BCUT2D eigenvalue weighted by atomic mass is 10.1. The lowest BCUT2D eigenvalue weighted by Crippen LogP contribution is -2.09. The van der Waals surface area contributed by atoms with Crippen LogP contribution in [-0.4, -0.2) is 30.1 Å². The Labute approximate surface area is 209 Å². The van der Waals surface area contributed by atoms with Crippen LogP contribution in [0.3, 0.4) is 0 Å². The number of hydrogen-bond acceptors (Lipinski definition) is 5. The van der Waals surface area contributed by atoms with Gasteiger partial charge < -0.3 is 10.3 Å². The van der Waals surface area contributed by atoms with Crippen LogP contribution in [0.2, 0.25) is 0 Å². The molecule has 7 heteroatoms. The number of benzene rings is 1. The molecule has 0 aliphatic carbocycles. The normalized spacial score (nSPS) is 12.3. The SMILES string of the molecule is C=C/C(=C\C(=C/C)c1ccc2[nH]nc(-c3nc4c(-c5ccccn5)cccc4[nH]3)c2n1)NC(=C)CC. The molecule has 0 atom stereocenters. The van der Waals surface area contributed by atoms with Crippen LogP contribution >= 0.6 is 0 Å². The molecule has 0 radical (unpaired) electrons. The van der Waals surface area contributed by atoms with Gasteiger partial charge in [-0.2, -0.15) is 5.10 Å². The Bertz CT molecular complexity index is 1630. The van der Waals surface area contributed by atoms with Crippen molar-refractivity contribution in [3.63, 3.8) is 0 Å². The number of aromatic nitrogens is 6. The molecule has 1 aromatic carbocycles. The standard InChI is InChI=1S/C29H27N7/c1-5-18(4)31-20(7-3)17-19(6-2)22-14-15-25-27(32-22)28(36-35-25)29-33-24-13-10-11-21(26(24)34-29)23-12-8-9-16-30-23/h6-17,31H,3-5H2,1-2H3,(H,33,34)(H,35,36)/b19-6+,20-17+. The summed E-state index contributed by atoms with van der Waals surface area (Å²) in [6.45, 7) is 12.0. The van der Waals surface area contributed by atoms with E-state index < -0.39 is 0 Å². The number of H-pyrrole nitrogens is 2. The van der Waals surface area contributed by atoms with Gasteiger partial charge in [-0.1, -0.05) is 44.4 Å². The van der Waals surface area contributed by atoms with Crippen molar-refractivity contribution >= 4 is 27.6 Å². The number of fused-ring (bicyclic) bond motifs is 2. The van der Waals surface area contributed by atoms with Gasteiger partial charge >= 0.3 is 0 Å². The molecule has 178 valence electrons. The molecule has 36 heavy (non-hydrogen) atoms. The maximum absolute atomic E-state index is 4.96. The minimum Gasteiger partial charge on any atom is -0.359 e. The summed E-state index contributed by atoms with van der Waals surface area (Å²) in [5.41, 5.74) is 9.39. The Morgan fingerprint density at radius 3 is 2.67 bits per heavy atom. The van der Waals surface area contributed by atoms with Crippen molar-refractivity contribution in [2.75, 3.05) is 0 Å². The van der Waals surface area contributed by atoms with Crippen molar-refractivity contribution in [3.8, 4) is 22.8 Å². The van der Waals surface area contributed by atoms with E-state index in [0.29, 0.717) is 11.5 Å². The summed E-state index contributed by atoms with van der Waals surface area (Å²) >= 11 is 0. The predicted octanol–water partition coefficient (Wildman–Crippen LogP) is 6.55. The summed E-state index contributed by atoms with van der Waals surface area (Å²) in [6.07, 6.45) is 8.43. The van der Waals surface area contributed by atoms with Gasteiger partial charge in [-0.25, -0.2) is 9.97 Å². The molecule has 0 saturated carbocycles. The molecule has 0 saturated heterocycles. The average Bonchev–Trinajstić information content (AvgIpc) is 3.54. The first-order valence-electron chi connectivity index (χ1n) is 11.8. The highest BCUT2D eigenvalue weighted by molar-refractivity contribution is 5.95. The number of nitrogens with zero attached hydrogens (tertiary/aromatic N) is 4. The lowest BCUT2D eigenvalue weighted by Gasteiger charge is -2.10. The average molecular weight is 474 g/mol. The van der Waals surface area contributed by atoms with Crippen molar-refractivity contribution < 1.29 is 0 Å². The van der Waals surface area contributed by atoms with Gasteiger partial charge in [0.2, 0.25) is 0 Å². The van der Waals surface area contributed by atoms with Crippen molar-refractivity contribution in [2.24, 2.45) is 0 Å². The van der Waals surface area contributed by atoms with Crippen LogP contribution in [0.15, 0.2) is 97.5 Å². The van der Waals surface area contributed by atoms with Gasteiger partial charge in [0.05, 0.1) is 27.9 Å². The third kappa shape index (κ3) is 4.34. The van der Waals surface area contributed by atoms with Gasteiger partial charge in [-0.3, -0.25) is 10.1 Å². The van der Waals surface area contributed by atoms with Gasteiger partial charge in [0.1, 0.15) is 5.52 Å². The Morgan fingerprint density at radius 2 is 1.92 bits per heavy atom. The zero-order valence-electron chi connectivity index (χ0n) is 20.3. The van der Waals surface area contributed by atoms with E-state index in [4.69, 9.17) is 9.97 Å². The Hall–Kier alpha value is -4.78. The summed E-state index contributed by atoms with van der Waals surface area (Å²) in [6, 6.07) is 15.8. The molecule has 5 rings (SSSR count). The Balaban J connectivity index is 1.57. The number of hydrogen-bond donors (Lipinski definition) is 3. The van der Waals surface area contributed by atoms with E-state index in [1.54, 1.807) is 12.3 Å². The van der Waals surface area contributed by atoms with Crippen LogP contribution in [0.5, 0.6) is 0 Å². The molecular formula is C29H27N7. The van der Waals surface area contributed by atoms with Crippen molar-refractivity contribution in [1.82, 2.24) is 35.5 Å². The van der Waals surface area contributed by atoms with Gasteiger partial charge in [0, 0.05) is 23.2 Å². The van der Waals surface area contributed by atoms with E-state index in [1.165, 1.54) is 0 Å². The molecule has 0 aliphatic rings. The number of allylic oxidation sites excluding steroid dienone is 5. The van der Waals surface area contributed by atoms with Crippen LogP contribution in [0.4, 0.5) is 0 Å². The number of imidazole rings is 1. The highest BCUT2D eigenvalue weighted by Crippen LogP contribution is 2.30. The van der Waals surface area contributed by atoms with Gasteiger partial charge in [0.15, 0.2) is 11.5 Å². The minimum absolute atomic E-state index is 0.648. The van der Waals surface area contributed by atoms with Crippen LogP contribution in [0.25, 0.3) is 50.4 Å². The first-order valence-corrected chi connectivity index (χ1v) is 11.8. The van der Waals surface area contributed by atoms with Crippen LogP contribution < -0.4 is 5.32 Å². The number of aromatic amines is 2. The largest absolute Gasteiger partial charge is 0.359 e. The number of para-hydroxylation sites is 1. The van der Waals surface area contributed by atoms with E-state index in [-0.39, 0.29) is 0 Å². The molecule has 0 unspecified atom stereocenters. The van der Waals surface area contributed by atoms with Gasteiger partial charge in [-0.05, 0) is 61.4 Å². The van der Waals surface area contributed by atoms with E-state index in [1.807, 2.05) is 67.6 Å². The number of nitrogens with one attached hydrogen (secondary N) is 3. The van der Waals surface area contributed by atoms with E-state index >= 15 is 0 Å². The molecule has 3 N–H and O–H groups in total. The monoisotopic (exact) mass is 473 g/mol. The summed E-state index contributed by atoms with van der Waals surface area (Å²) in [5.74, 6) is 0.648. The van der Waals surface area contributed by atoms with Crippen molar-refractivity contribution in [2.45, 2.75) is 20.3 Å².